The zero-order valence-electron chi connectivity index (χ0n) is 15.6. The van der Waals surface area contributed by atoms with Crippen molar-refractivity contribution in [1.29, 1.82) is 0 Å². The Kier molecular flexibility index (Phi) is 6.21. The summed E-state index contributed by atoms with van der Waals surface area (Å²) in [7, 11) is 0. The lowest BCUT2D eigenvalue weighted by atomic mass is 9.88. The Morgan fingerprint density at radius 1 is 1.41 bits per heavy atom. The predicted molar refractivity (Wildman–Crippen MR) is 106 cm³/mol. The Hall–Kier alpha value is -2.28. The van der Waals surface area contributed by atoms with Crippen LogP contribution in [-0.4, -0.2) is 26.3 Å². The van der Waals surface area contributed by atoms with Gasteiger partial charge in [-0.05, 0) is 36.3 Å². The van der Waals surface area contributed by atoms with E-state index in [4.69, 9.17) is 0 Å². The average molecular weight is 388 g/mol. The number of hydrogen-bond donors (Lipinski definition) is 2. The molecule has 0 saturated heterocycles. The van der Waals surface area contributed by atoms with Crippen molar-refractivity contribution in [3.8, 4) is 5.88 Å². The van der Waals surface area contributed by atoms with E-state index in [1.54, 1.807) is 0 Å². The molecule has 1 unspecified atom stereocenters. The summed E-state index contributed by atoms with van der Waals surface area (Å²) in [5.74, 6) is -0.0207. The largest absolute Gasteiger partial charge is 0.493 e. The van der Waals surface area contributed by atoms with Gasteiger partial charge in [0.05, 0.1) is 17.9 Å². The fourth-order valence-corrected chi connectivity index (χ4v) is 4.21. The standard InChI is InChI=1S/C20H25N3O3S/c1-13(2)11-23-19(26)10-17(24)22-20(23)27-12-18(25)21-16-9-5-7-14-6-3-4-8-15(14)16/h3-4,6,8,10,13,16,24H,5,7,9,11-12H2,1-2H3,(H,21,25). The van der Waals surface area contributed by atoms with Gasteiger partial charge in [-0.15, -0.1) is 0 Å². The minimum absolute atomic E-state index is 0.0260. The molecule has 0 radical (unpaired) electrons. The Bertz CT molecular complexity index is 879. The zero-order chi connectivity index (χ0) is 19.4. The van der Waals surface area contributed by atoms with Gasteiger partial charge in [-0.25, -0.2) is 0 Å². The maximum Gasteiger partial charge on any atom is 0.257 e. The van der Waals surface area contributed by atoms with Gasteiger partial charge in [0.15, 0.2) is 5.16 Å². The second-order valence-electron chi connectivity index (χ2n) is 7.24. The van der Waals surface area contributed by atoms with Gasteiger partial charge in [-0.3, -0.25) is 14.2 Å². The highest BCUT2D eigenvalue weighted by atomic mass is 32.2. The van der Waals surface area contributed by atoms with E-state index >= 15 is 0 Å². The van der Waals surface area contributed by atoms with Gasteiger partial charge in [0, 0.05) is 6.54 Å². The van der Waals surface area contributed by atoms with Crippen molar-refractivity contribution >= 4 is 17.7 Å². The monoisotopic (exact) mass is 387 g/mol. The van der Waals surface area contributed by atoms with Crippen LogP contribution in [0.4, 0.5) is 0 Å². The second kappa shape index (κ2) is 8.61. The first-order chi connectivity index (χ1) is 12.9. The van der Waals surface area contributed by atoms with Crippen molar-refractivity contribution in [2.45, 2.75) is 50.9 Å². The van der Waals surface area contributed by atoms with Crippen LogP contribution in [0, 0.1) is 5.92 Å². The van der Waals surface area contributed by atoms with Gasteiger partial charge in [0.1, 0.15) is 0 Å². The fourth-order valence-electron chi connectivity index (χ4n) is 3.39. The molecule has 1 aliphatic rings. The summed E-state index contributed by atoms with van der Waals surface area (Å²) in [6, 6.07) is 9.34. The molecule has 1 aromatic carbocycles. The molecule has 6 nitrogen and oxygen atoms in total. The number of amides is 1. The van der Waals surface area contributed by atoms with E-state index in [9.17, 15) is 14.7 Å². The summed E-state index contributed by atoms with van der Waals surface area (Å²) in [4.78, 5) is 28.7. The normalized spacial score (nSPS) is 16.2. The number of aryl methyl sites for hydroxylation is 1. The molecule has 7 heteroatoms. The molecule has 3 rings (SSSR count). The Morgan fingerprint density at radius 2 is 2.19 bits per heavy atom. The number of carbonyl (C=O) groups is 1. The van der Waals surface area contributed by atoms with Crippen LogP contribution in [0.3, 0.4) is 0 Å². The van der Waals surface area contributed by atoms with E-state index in [1.165, 1.54) is 27.5 Å². The molecule has 144 valence electrons. The fraction of sp³-hybridized carbons (Fsp3) is 0.450. The molecule has 0 aliphatic heterocycles. The van der Waals surface area contributed by atoms with Crippen LogP contribution >= 0.6 is 11.8 Å². The first-order valence-electron chi connectivity index (χ1n) is 9.25. The highest BCUT2D eigenvalue weighted by Crippen LogP contribution is 2.29. The molecule has 1 aromatic heterocycles. The van der Waals surface area contributed by atoms with Crippen LogP contribution in [0.5, 0.6) is 5.88 Å². The quantitative estimate of drug-likeness (QED) is 0.588. The molecular weight excluding hydrogens is 362 g/mol. The number of thioether (sulfide) groups is 1. The number of nitrogens with zero attached hydrogens (tertiary/aromatic N) is 2. The molecule has 0 bridgehead atoms. The first kappa shape index (κ1) is 19.5. The SMILES string of the molecule is CC(C)Cn1c(SCC(=O)NC2CCCc3ccccc32)nc(O)cc1=O. The molecule has 2 N–H and O–H groups in total. The van der Waals surface area contributed by atoms with Crippen molar-refractivity contribution in [2.75, 3.05) is 5.75 Å². The summed E-state index contributed by atoms with van der Waals surface area (Å²) in [6.07, 6.45) is 3.03. The number of carbonyl (C=O) groups excluding carboxylic acids is 1. The number of aromatic nitrogens is 2. The van der Waals surface area contributed by atoms with Crippen LogP contribution in [0.25, 0.3) is 0 Å². The molecule has 2 aromatic rings. The Balaban J connectivity index is 1.68. The Morgan fingerprint density at radius 3 is 2.96 bits per heavy atom. The number of nitrogens with one attached hydrogen (secondary N) is 1. The maximum atomic E-state index is 12.5. The van der Waals surface area contributed by atoms with Crippen molar-refractivity contribution in [3.63, 3.8) is 0 Å². The number of fused-ring (bicyclic) bond motifs is 1. The van der Waals surface area contributed by atoms with Gasteiger partial charge in [-0.1, -0.05) is 49.9 Å². The molecule has 1 atom stereocenters. The maximum absolute atomic E-state index is 12.5. The lowest BCUT2D eigenvalue weighted by Gasteiger charge is -2.26. The Labute approximate surface area is 163 Å². The highest BCUT2D eigenvalue weighted by Gasteiger charge is 2.21. The molecule has 1 aliphatic carbocycles. The van der Waals surface area contributed by atoms with Gasteiger partial charge in [-0.2, -0.15) is 4.98 Å². The molecule has 0 spiro atoms. The van der Waals surface area contributed by atoms with E-state index in [0.29, 0.717) is 11.7 Å². The van der Waals surface area contributed by atoms with Crippen LogP contribution in [0.15, 0.2) is 40.3 Å². The number of rotatable bonds is 6. The topological polar surface area (TPSA) is 84.2 Å². The smallest absolute Gasteiger partial charge is 0.257 e. The van der Waals surface area contributed by atoms with E-state index in [2.05, 4.69) is 22.4 Å². The van der Waals surface area contributed by atoms with Gasteiger partial charge in [0.2, 0.25) is 11.8 Å². The van der Waals surface area contributed by atoms with Crippen molar-refractivity contribution in [3.05, 3.63) is 51.8 Å². The summed E-state index contributed by atoms with van der Waals surface area (Å²) in [6.45, 7) is 4.49. The summed E-state index contributed by atoms with van der Waals surface area (Å²) >= 11 is 1.18. The molecule has 0 saturated carbocycles. The summed E-state index contributed by atoms with van der Waals surface area (Å²) in [5, 5.41) is 13.1. The van der Waals surface area contributed by atoms with E-state index < -0.39 is 0 Å². The van der Waals surface area contributed by atoms with Crippen molar-refractivity contribution in [1.82, 2.24) is 14.9 Å². The molecule has 27 heavy (non-hydrogen) atoms. The summed E-state index contributed by atoms with van der Waals surface area (Å²) in [5.41, 5.74) is 2.18. The van der Waals surface area contributed by atoms with Crippen LogP contribution in [0.2, 0.25) is 0 Å². The molecular formula is C20H25N3O3S. The number of aromatic hydroxyl groups is 1. The van der Waals surface area contributed by atoms with E-state index in [-0.39, 0.29) is 35.1 Å². The average Bonchev–Trinajstić information content (AvgIpc) is 2.62. The molecule has 1 heterocycles. The predicted octanol–water partition coefficient (Wildman–Crippen LogP) is 2.89. The third-order valence-corrected chi connectivity index (χ3v) is 5.52. The number of hydrogen-bond acceptors (Lipinski definition) is 5. The van der Waals surface area contributed by atoms with Crippen LogP contribution < -0.4 is 10.9 Å². The van der Waals surface area contributed by atoms with Crippen LogP contribution in [0.1, 0.15) is 43.9 Å². The van der Waals surface area contributed by atoms with Gasteiger partial charge in [0.25, 0.3) is 5.56 Å². The summed E-state index contributed by atoms with van der Waals surface area (Å²) < 4.78 is 1.51. The highest BCUT2D eigenvalue weighted by molar-refractivity contribution is 7.99. The minimum Gasteiger partial charge on any atom is -0.493 e. The van der Waals surface area contributed by atoms with Gasteiger partial charge >= 0.3 is 0 Å². The third-order valence-electron chi connectivity index (χ3n) is 4.54. The molecule has 1 amide bonds. The first-order valence-corrected chi connectivity index (χ1v) is 10.2. The third kappa shape index (κ3) is 4.91. The van der Waals surface area contributed by atoms with E-state index in [1.807, 2.05) is 26.0 Å². The lowest BCUT2D eigenvalue weighted by Crippen LogP contribution is -2.32. The lowest BCUT2D eigenvalue weighted by molar-refractivity contribution is -0.119. The molecule has 0 fully saturated rings. The minimum atomic E-state index is -0.316. The van der Waals surface area contributed by atoms with Crippen LogP contribution in [-0.2, 0) is 17.8 Å². The zero-order valence-corrected chi connectivity index (χ0v) is 16.5. The van der Waals surface area contributed by atoms with E-state index in [0.717, 1.165) is 25.3 Å². The van der Waals surface area contributed by atoms with Crippen molar-refractivity contribution in [2.24, 2.45) is 5.92 Å². The number of benzene rings is 1. The second-order valence-corrected chi connectivity index (χ2v) is 8.18. The van der Waals surface area contributed by atoms with Gasteiger partial charge < -0.3 is 10.4 Å². The van der Waals surface area contributed by atoms with Crippen molar-refractivity contribution < 1.29 is 9.90 Å².